The number of amides is 2. The number of halogens is 3. The molecule has 3 N–H and O–H groups in total. The Kier molecular flexibility index (Phi) is 11.6. The minimum Gasteiger partial charge on any atom is -0.478 e. The molecule has 0 spiro atoms. The zero-order valence-electron chi connectivity index (χ0n) is 27.9. The normalized spacial score (nSPS) is 20.4. The van der Waals surface area contributed by atoms with Crippen LogP contribution in [0.25, 0.3) is 11.1 Å². The summed E-state index contributed by atoms with van der Waals surface area (Å²) in [4.78, 5) is 37.8. The molecule has 2 aliphatic heterocycles. The lowest BCUT2D eigenvalue weighted by Crippen LogP contribution is -2.50. The zero-order valence-corrected chi connectivity index (χ0v) is 28.7. The topological polar surface area (TPSA) is 125 Å². The van der Waals surface area contributed by atoms with Gasteiger partial charge >= 0.3 is 18.1 Å². The maximum absolute atomic E-state index is 13.1. The van der Waals surface area contributed by atoms with Gasteiger partial charge in [0.1, 0.15) is 6.04 Å². The van der Waals surface area contributed by atoms with Crippen molar-refractivity contribution in [1.82, 2.24) is 10.2 Å². The largest absolute Gasteiger partial charge is 0.478 e. The van der Waals surface area contributed by atoms with E-state index in [1.807, 2.05) is 66.7 Å². The molecule has 0 bridgehead atoms. The van der Waals surface area contributed by atoms with Gasteiger partial charge in [-0.3, -0.25) is 9.59 Å². The number of nitrogens with zero attached hydrogens (tertiary/aromatic N) is 1. The first-order valence-electron chi connectivity index (χ1n) is 16.8. The molecule has 4 atom stereocenters. The molecule has 0 radical (unpaired) electrons. The van der Waals surface area contributed by atoms with E-state index in [0.717, 1.165) is 33.4 Å². The van der Waals surface area contributed by atoms with Crippen LogP contribution in [0.4, 0.5) is 13.2 Å². The predicted octanol–water partition coefficient (Wildman–Crippen LogP) is 7.05. The molecule has 52 heavy (non-hydrogen) atoms. The molecule has 2 heterocycles. The van der Waals surface area contributed by atoms with Gasteiger partial charge < -0.3 is 29.9 Å². The fourth-order valence-electron chi connectivity index (χ4n) is 6.50. The Labute approximate surface area is 302 Å². The molecule has 6 rings (SSSR count). The maximum Gasteiger partial charge on any atom is 0.471 e. The number of likely N-dealkylation sites (tertiary alicyclic amines) is 1. The highest BCUT2D eigenvalue weighted by Gasteiger charge is 2.47. The number of aromatic carboxylic acids is 1. The van der Waals surface area contributed by atoms with E-state index in [1.165, 1.54) is 11.8 Å². The third-order valence-electron chi connectivity index (χ3n) is 9.18. The molecule has 4 aromatic carbocycles. The fourth-order valence-corrected chi connectivity index (χ4v) is 7.56. The van der Waals surface area contributed by atoms with Gasteiger partial charge in [0.25, 0.3) is 0 Å². The highest BCUT2D eigenvalue weighted by molar-refractivity contribution is 7.99. The number of carboxylic acids is 1. The second-order valence-electron chi connectivity index (χ2n) is 12.6. The molecule has 4 aromatic rings. The first kappa shape index (κ1) is 37.1. The maximum atomic E-state index is 13.1. The van der Waals surface area contributed by atoms with E-state index in [9.17, 15) is 37.8 Å². The number of hydrogen-bond acceptors (Lipinski definition) is 7. The molecule has 13 heteroatoms. The van der Waals surface area contributed by atoms with E-state index < -0.39 is 36.3 Å². The lowest BCUT2D eigenvalue weighted by Gasteiger charge is -2.36. The number of aliphatic hydroxyl groups is 1. The molecule has 9 nitrogen and oxygen atoms in total. The van der Waals surface area contributed by atoms with Crippen molar-refractivity contribution in [1.29, 1.82) is 0 Å². The van der Waals surface area contributed by atoms with Crippen LogP contribution in [-0.4, -0.2) is 63.5 Å². The number of rotatable bonds is 11. The quantitative estimate of drug-likeness (QED) is 0.140. The summed E-state index contributed by atoms with van der Waals surface area (Å²) in [6, 6.07) is 28.1. The van der Waals surface area contributed by atoms with Gasteiger partial charge in [-0.25, -0.2) is 4.79 Å². The second kappa shape index (κ2) is 16.3. The summed E-state index contributed by atoms with van der Waals surface area (Å²) in [7, 11) is 0. The molecule has 2 saturated heterocycles. The fraction of sp³-hybridized carbons (Fsp3) is 0.308. The number of nitrogens with one attached hydrogen (secondary N) is 1. The van der Waals surface area contributed by atoms with Crippen LogP contribution >= 0.6 is 11.8 Å². The summed E-state index contributed by atoms with van der Waals surface area (Å²) in [5.41, 5.74) is 5.04. The van der Waals surface area contributed by atoms with E-state index in [1.54, 1.807) is 30.3 Å². The summed E-state index contributed by atoms with van der Waals surface area (Å²) in [6.07, 6.45) is -5.42. The lowest BCUT2D eigenvalue weighted by atomic mass is 9.97. The van der Waals surface area contributed by atoms with Crippen LogP contribution in [-0.2, 0) is 32.2 Å². The smallest absolute Gasteiger partial charge is 0.471 e. The Hall–Kier alpha value is -4.69. The predicted molar refractivity (Wildman–Crippen MR) is 187 cm³/mol. The lowest BCUT2D eigenvalue weighted by molar-refractivity contribution is -0.245. The average molecular weight is 735 g/mol. The van der Waals surface area contributed by atoms with Crippen LogP contribution in [0.15, 0.2) is 102 Å². The summed E-state index contributed by atoms with van der Waals surface area (Å²) in [6.45, 7) is -0.149. The van der Waals surface area contributed by atoms with E-state index >= 15 is 0 Å². The number of aliphatic hydroxyl groups excluding tert-OH is 1. The number of carbonyl (C=O) groups is 3. The molecule has 4 unspecified atom stereocenters. The number of carbonyl (C=O) groups excluding carboxylic acids is 2. The van der Waals surface area contributed by atoms with Gasteiger partial charge in [0, 0.05) is 35.7 Å². The van der Waals surface area contributed by atoms with Crippen molar-refractivity contribution >= 4 is 29.5 Å². The highest BCUT2D eigenvalue weighted by Crippen LogP contribution is 2.40. The van der Waals surface area contributed by atoms with Gasteiger partial charge in [0.15, 0.2) is 6.29 Å². The van der Waals surface area contributed by atoms with Crippen molar-refractivity contribution in [3.63, 3.8) is 0 Å². The monoisotopic (exact) mass is 734 g/mol. The minimum atomic E-state index is -5.05. The number of alkyl halides is 3. The third kappa shape index (κ3) is 8.67. The summed E-state index contributed by atoms with van der Waals surface area (Å²) in [5.74, 6) is -3.16. The van der Waals surface area contributed by atoms with Crippen LogP contribution in [0.3, 0.4) is 0 Å². The molecule has 0 aromatic heterocycles. The number of ether oxygens (including phenoxy) is 2. The summed E-state index contributed by atoms with van der Waals surface area (Å²) < 4.78 is 52.2. The van der Waals surface area contributed by atoms with E-state index in [0.29, 0.717) is 28.4 Å². The van der Waals surface area contributed by atoms with Crippen molar-refractivity contribution < 1.29 is 47.2 Å². The second-order valence-corrected chi connectivity index (χ2v) is 13.7. The first-order chi connectivity index (χ1) is 25.0. The van der Waals surface area contributed by atoms with Crippen LogP contribution in [0, 0.1) is 0 Å². The van der Waals surface area contributed by atoms with E-state index in [4.69, 9.17) is 9.47 Å². The van der Waals surface area contributed by atoms with Crippen molar-refractivity contribution in [2.45, 2.75) is 68.0 Å². The third-order valence-corrected chi connectivity index (χ3v) is 10.4. The van der Waals surface area contributed by atoms with Crippen molar-refractivity contribution in [2.75, 3.05) is 12.3 Å². The van der Waals surface area contributed by atoms with Gasteiger partial charge in [-0.15, -0.1) is 11.8 Å². The number of benzene rings is 4. The molecule has 2 amide bonds. The molecule has 0 saturated carbocycles. The minimum absolute atomic E-state index is 0.0528. The Balaban J connectivity index is 1.17. The standard InChI is InChI=1S/C39H37F3N2O7S/c40-39(41,42)38(49)44-19-5-9-32(44)35(46)43-21-28-6-1-2-7-30(28)25-15-17-27(18-16-25)37-50-29(23-52-34-10-4-3-8-31(34)36(47)48)20-33(51-37)26-13-11-24(22-45)12-14-26/h1-4,6-8,10-18,29,32-33,37,45H,5,9,19-23H2,(H,43,46)(H,47,48). The van der Waals surface area contributed by atoms with Crippen molar-refractivity contribution in [2.24, 2.45) is 0 Å². The van der Waals surface area contributed by atoms with Crippen LogP contribution < -0.4 is 5.32 Å². The van der Waals surface area contributed by atoms with Gasteiger partial charge in [-0.1, -0.05) is 84.9 Å². The summed E-state index contributed by atoms with van der Waals surface area (Å²) >= 11 is 1.41. The molecule has 2 aliphatic rings. The zero-order chi connectivity index (χ0) is 36.8. The first-order valence-corrected chi connectivity index (χ1v) is 17.8. The van der Waals surface area contributed by atoms with Crippen LogP contribution in [0.5, 0.6) is 0 Å². The van der Waals surface area contributed by atoms with Crippen LogP contribution in [0.2, 0.25) is 0 Å². The highest BCUT2D eigenvalue weighted by atomic mass is 32.2. The van der Waals surface area contributed by atoms with E-state index in [2.05, 4.69) is 5.32 Å². The molecule has 0 aliphatic carbocycles. The van der Waals surface area contributed by atoms with Gasteiger partial charge in [-0.05, 0) is 52.8 Å². The van der Waals surface area contributed by atoms with Gasteiger partial charge in [0.05, 0.1) is 24.4 Å². The molecular formula is C39H37F3N2O7S. The van der Waals surface area contributed by atoms with Gasteiger partial charge in [-0.2, -0.15) is 13.2 Å². The van der Waals surface area contributed by atoms with Crippen LogP contribution in [0.1, 0.15) is 64.3 Å². The molecule has 272 valence electrons. The molecular weight excluding hydrogens is 697 g/mol. The van der Waals surface area contributed by atoms with Gasteiger partial charge in [0.2, 0.25) is 5.91 Å². The molecule has 2 fully saturated rings. The van der Waals surface area contributed by atoms with E-state index in [-0.39, 0.29) is 43.9 Å². The summed E-state index contributed by atoms with van der Waals surface area (Å²) in [5, 5.41) is 21.9. The van der Waals surface area contributed by atoms with Crippen molar-refractivity contribution in [3.05, 3.63) is 125 Å². The Bertz CT molecular complexity index is 1890. The number of carboxylic acid groups (broad SMARTS) is 1. The SMILES string of the molecule is O=C(O)c1ccccc1SCC1CC(c2ccc(CO)cc2)OC(c2ccc(-c3ccccc3CNC(=O)C3CCCN3C(=O)C(F)(F)F)cc2)O1. The van der Waals surface area contributed by atoms with Crippen molar-refractivity contribution in [3.8, 4) is 11.1 Å². The Morgan fingerprint density at radius 3 is 2.29 bits per heavy atom. The average Bonchev–Trinajstić information content (AvgIpc) is 3.66. The Morgan fingerprint density at radius 2 is 1.58 bits per heavy atom. The number of thioether (sulfide) groups is 1. The number of hydrogen-bond donors (Lipinski definition) is 3. The Morgan fingerprint density at radius 1 is 0.885 bits per heavy atom.